The fourth-order valence-corrected chi connectivity index (χ4v) is 5.08. The zero-order valence-corrected chi connectivity index (χ0v) is 20.0. The van der Waals surface area contributed by atoms with Gasteiger partial charge in [0.05, 0.1) is 11.4 Å². The van der Waals surface area contributed by atoms with Gasteiger partial charge in [0, 0.05) is 24.6 Å². The van der Waals surface area contributed by atoms with Crippen molar-refractivity contribution in [1.82, 2.24) is 24.6 Å². The number of likely N-dealkylation sites (tertiary alicyclic amines) is 1. The van der Waals surface area contributed by atoms with Crippen molar-refractivity contribution in [1.29, 1.82) is 0 Å². The highest BCUT2D eigenvalue weighted by Gasteiger charge is 2.43. The topological polar surface area (TPSA) is 99.2 Å². The third-order valence-corrected chi connectivity index (χ3v) is 7.21. The van der Waals surface area contributed by atoms with E-state index < -0.39 is 0 Å². The van der Waals surface area contributed by atoms with Gasteiger partial charge in [-0.3, -0.25) is 4.79 Å². The summed E-state index contributed by atoms with van der Waals surface area (Å²) in [4.78, 5) is 23.5. The Balaban J connectivity index is 1.25. The summed E-state index contributed by atoms with van der Waals surface area (Å²) in [6.07, 6.45) is 5.96. The van der Waals surface area contributed by atoms with Crippen molar-refractivity contribution < 1.29 is 9.53 Å². The minimum Gasteiger partial charge on any atom is -0.457 e. The number of anilines is 1. The molecule has 1 saturated carbocycles. The average molecular weight is 481 g/mol. The van der Waals surface area contributed by atoms with Gasteiger partial charge in [0.25, 0.3) is 0 Å². The normalized spacial score (nSPS) is 19.8. The summed E-state index contributed by atoms with van der Waals surface area (Å²) >= 11 is 0. The summed E-state index contributed by atoms with van der Waals surface area (Å²) in [6.45, 7) is 5.26. The number of amides is 1. The molecule has 6 rings (SSSR count). The first-order valence-electron chi connectivity index (χ1n) is 12.4. The van der Waals surface area contributed by atoms with Crippen LogP contribution in [0.5, 0.6) is 11.5 Å². The molecule has 0 spiro atoms. The van der Waals surface area contributed by atoms with Crippen LogP contribution in [0.25, 0.3) is 22.3 Å². The molecule has 2 aromatic heterocycles. The van der Waals surface area contributed by atoms with E-state index in [1.54, 1.807) is 0 Å². The lowest BCUT2D eigenvalue weighted by Crippen LogP contribution is -2.40. The van der Waals surface area contributed by atoms with Gasteiger partial charge >= 0.3 is 0 Å². The molecule has 4 aromatic rings. The Kier molecular flexibility index (Phi) is 5.64. The number of para-hydroxylation sites is 1. The van der Waals surface area contributed by atoms with Crippen LogP contribution in [-0.2, 0) is 4.79 Å². The second kappa shape index (κ2) is 9.11. The molecule has 2 N–H and O–H groups in total. The maximum atomic E-state index is 12.8. The summed E-state index contributed by atoms with van der Waals surface area (Å²) in [5, 5.41) is 5.73. The maximum absolute atomic E-state index is 12.8. The van der Waals surface area contributed by atoms with Crippen LogP contribution in [0.3, 0.4) is 0 Å². The maximum Gasteiger partial charge on any atom is 0.226 e. The lowest BCUT2D eigenvalue weighted by atomic mass is 10.0. The number of ether oxygens (including phenoxy) is 1. The largest absolute Gasteiger partial charge is 0.457 e. The van der Waals surface area contributed by atoms with E-state index in [0.29, 0.717) is 24.8 Å². The Morgan fingerprint density at radius 2 is 1.75 bits per heavy atom. The molecule has 1 saturated heterocycles. The van der Waals surface area contributed by atoms with Gasteiger partial charge in [-0.2, -0.15) is 5.10 Å². The van der Waals surface area contributed by atoms with Crippen LogP contribution in [0, 0.1) is 11.8 Å². The zero-order chi connectivity index (χ0) is 24.6. The molecule has 2 fully saturated rings. The number of rotatable bonds is 6. The van der Waals surface area contributed by atoms with E-state index in [0.717, 1.165) is 53.1 Å². The van der Waals surface area contributed by atoms with Gasteiger partial charge in [-0.15, -0.1) is 6.58 Å². The fraction of sp³-hybridized carbons (Fsp3) is 0.286. The monoisotopic (exact) mass is 480 g/mol. The van der Waals surface area contributed by atoms with Crippen LogP contribution in [0.4, 0.5) is 5.82 Å². The first kappa shape index (κ1) is 22.3. The first-order valence-corrected chi connectivity index (χ1v) is 12.4. The summed E-state index contributed by atoms with van der Waals surface area (Å²) < 4.78 is 7.91. The van der Waals surface area contributed by atoms with Gasteiger partial charge in [0.15, 0.2) is 5.65 Å². The van der Waals surface area contributed by atoms with E-state index >= 15 is 0 Å². The lowest BCUT2D eigenvalue weighted by Gasteiger charge is -2.32. The molecule has 2 aliphatic rings. The van der Waals surface area contributed by atoms with Crippen LogP contribution in [0.15, 0.2) is 73.6 Å². The van der Waals surface area contributed by atoms with E-state index in [4.69, 9.17) is 15.6 Å². The highest BCUT2D eigenvalue weighted by Crippen LogP contribution is 2.42. The van der Waals surface area contributed by atoms with Gasteiger partial charge in [-0.25, -0.2) is 14.6 Å². The summed E-state index contributed by atoms with van der Waals surface area (Å²) in [5.41, 5.74) is 8.69. The smallest absolute Gasteiger partial charge is 0.226 e. The SMILES string of the molecule is C=CC1CC1C(=O)N1CCC(n2nc(-c3ccc(Oc4ccccc4)cc3)c3c(N)ncnc32)CC1. The number of piperidine rings is 1. The van der Waals surface area contributed by atoms with Crippen LogP contribution in [-0.4, -0.2) is 43.6 Å². The number of allylic oxidation sites excluding steroid dienone is 1. The number of nitrogen functional groups attached to an aromatic ring is 1. The van der Waals surface area contributed by atoms with Crippen molar-refractivity contribution in [3.63, 3.8) is 0 Å². The molecular weight excluding hydrogens is 452 g/mol. The number of benzene rings is 2. The molecule has 1 amide bonds. The molecule has 36 heavy (non-hydrogen) atoms. The van der Waals surface area contributed by atoms with Crippen molar-refractivity contribution in [2.45, 2.75) is 25.3 Å². The minimum absolute atomic E-state index is 0.123. The molecule has 2 atom stereocenters. The van der Waals surface area contributed by atoms with Gasteiger partial charge in [-0.1, -0.05) is 24.3 Å². The summed E-state index contributed by atoms with van der Waals surface area (Å²) in [5.74, 6) is 2.65. The third-order valence-electron chi connectivity index (χ3n) is 7.21. The molecule has 8 heteroatoms. The van der Waals surface area contributed by atoms with Gasteiger partial charge in [-0.05, 0) is 61.6 Å². The van der Waals surface area contributed by atoms with E-state index in [9.17, 15) is 4.79 Å². The molecule has 182 valence electrons. The van der Waals surface area contributed by atoms with Crippen LogP contribution in [0.1, 0.15) is 25.3 Å². The average Bonchev–Trinajstić information content (AvgIpc) is 3.61. The van der Waals surface area contributed by atoms with Crippen LogP contribution < -0.4 is 10.5 Å². The molecule has 0 bridgehead atoms. The molecule has 1 aliphatic heterocycles. The Morgan fingerprint density at radius 3 is 2.44 bits per heavy atom. The fourth-order valence-electron chi connectivity index (χ4n) is 5.08. The predicted octanol–water partition coefficient (Wildman–Crippen LogP) is 4.85. The Morgan fingerprint density at radius 1 is 1.03 bits per heavy atom. The number of aromatic nitrogens is 4. The number of carbonyl (C=O) groups is 1. The number of nitrogens with zero attached hydrogens (tertiary/aromatic N) is 5. The van der Waals surface area contributed by atoms with E-state index in [-0.39, 0.29) is 17.9 Å². The second-order valence-electron chi connectivity index (χ2n) is 9.49. The standard InChI is InChI=1S/C28H28N6O2/c1-2-18-16-23(18)28(35)33-14-12-20(13-15-33)34-27-24(26(29)30-17-31-27)25(32-34)19-8-10-22(11-9-19)36-21-6-4-3-5-7-21/h2-11,17-18,20,23H,1,12-16H2,(H2,29,30,31). The van der Waals surface area contributed by atoms with Crippen LogP contribution in [0.2, 0.25) is 0 Å². The number of hydrogen-bond acceptors (Lipinski definition) is 6. The van der Waals surface area contributed by atoms with E-state index in [1.165, 1.54) is 6.33 Å². The number of nitrogens with two attached hydrogens (primary N) is 1. The van der Waals surface area contributed by atoms with Crippen LogP contribution >= 0.6 is 0 Å². The van der Waals surface area contributed by atoms with Crippen molar-refractivity contribution in [2.75, 3.05) is 18.8 Å². The molecule has 2 unspecified atom stereocenters. The van der Waals surface area contributed by atoms with Crippen molar-refractivity contribution in [3.05, 3.63) is 73.6 Å². The molecule has 8 nitrogen and oxygen atoms in total. The minimum atomic E-state index is 0.123. The highest BCUT2D eigenvalue weighted by atomic mass is 16.5. The molecule has 1 aliphatic carbocycles. The lowest BCUT2D eigenvalue weighted by molar-refractivity contribution is -0.134. The zero-order valence-electron chi connectivity index (χ0n) is 20.0. The Labute approximate surface area is 209 Å². The van der Waals surface area contributed by atoms with Crippen molar-refractivity contribution >= 4 is 22.8 Å². The highest BCUT2D eigenvalue weighted by molar-refractivity contribution is 5.98. The van der Waals surface area contributed by atoms with E-state index in [2.05, 4.69) is 16.5 Å². The van der Waals surface area contributed by atoms with E-state index in [1.807, 2.05) is 70.3 Å². The van der Waals surface area contributed by atoms with Crippen molar-refractivity contribution in [3.8, 4) is 22.8 Å². The van der Waals surface area contributed by atoms with Gasteiger partial charge in [0.2, 0.25) is 5.91 Å². The molecule has 3 heterocycles. The number of fused-ring (bicyclic) bond motifs is 1. The number of hydrogen-bond donors (Lipinski definition) is 1. The molecular formula is C28H28N6O2. The van der Waals surface area contributed by atoms with Gasteiger partial charge < -0.3 is 15.4 Å². The Hall–Kier alpha value is -4.20. The third kappa shape index (κ3) is 4.08. The van der Waals surface area contributed by atoms with Gasteiger partial charge in [0.1, 0.15) is 29.3 Å². The number of carbonyl (C=O) groups excluding carboxylic acids is 1. The summed E-state index contributed by atoms with van der Waals surface area (Å²) in [6, 6.07) is 17.6. The second-order valence-corrected chi connectivity index (χ2v) is 9.49. The predicted molar refractivity (Wildman–Crippen MR) is 138 cm³/mol. The summed E-state index contributed by atoms with van der Waals surface area (Å²) in [7, 11) is 0. The molecule has 0 radical (unpaired) electrons. The van der Waals surface area contributed by atoms with Crippen molar-refractivity contribution in [2.24, 2.45) is 11.8 Å². The first-order chi connectivity index (χ1) is 17.6. The molecule has 2 aromatic carbocycles. The Bertz CT molecular complexity index is 1410. The quantitative estimate of drug-likeness (QED) is 0.396.